The van der Waals surface area contributed by atoms with E-state index in [9.17, 15) is 4.79 Å². The van der Waals surface area contributed by atoms with Crippen molar-refractivity contribution in [2.75, 3.05) is 13.6 Å². The summed E-state index contributed by atoms with van der Waals surface area (Å²) in [5.41, 5.74) is 1.02. The summed E-state index contributed by atoms with van der Waals surface area (Å²) in [5, 5.41) is 3.35. The number of carbonyl (C=O) groups is 1. The molecule has 21 heavy (non-hydrogen) atoms. The predicted octanol–water partition coefficient (Wildman–Crippen LogP) is 3.18. The molecule has 0 spiro atoms. The lowest BCUT2D eigenvalue weighted by atomic mass is 9.89. The van der Waals surface area contributed by atoms with Gasteiger partial charge in [0.15, 0.2) is 0 Å². The smallest absolute Gasteiger partial charge is 0.410 e. The molecule has 2 rings (SSSR count). The van der Waals surface area contributed by atoms with Crippen LogP contribution in [-0.4, -0.2) is 36.7 Å². The van der Waals surface area contributed by atoms with E-state index in [0.717, 1.165) is 18.4 Å². The summed E-state index contributed by atoms with van der Waals surface area (Å²) in [5.74, 6) is 0. The Morgan fingerprint density at radius 2 is 2.00 bits per heavy atom. The molecule has 0 heterocycles. The minimum absolute atomic E-state index is 0.200. The Bertz CT molecular complexity index is 436. The Hall–Kier alpha value is -1.55. The minimum Gasteiger partial charge on any atom is -0.445 e. The van der Waals surface area contributed by atoms with Crippen LogP contribution in [0.25, 0.3) is 0 Å². The number of likely N-dealkylation sites (N-methyl/N-ethyl adjacent to an activating group) is 2. The largest absolute Gasteiger partial charge is 0.445 e. The highest BCUT2D eigenvalue weighted by Crippen LogP contribution is 2.23. The van der Waals surface area contributed by atoms with E-state index in [1.807, 2.05) is 49.2 Å². The SMILES string of the molecule is CCN(C(=O)OCc1ccccc1)[C@@H]1CCCC[C@@H]1NC. The topological polar surface area (TPSA) is 41.6 Å². The van der Waals surface area contributed by atoms with Gasteiger partial charge in [0.25, 0.3) is 0 Å². The Morgan fingerprint density at radius 1 is 1.29 bits per heavy atom. The third-order valence-electron chi connectivity index (χ3n) is 4.28. The van der Waals surface area contributed by atoms with Crippen molar-refractivity contribution < 1.29 is 9.53 Å². The van der Waals surface area contributed by atoms with Gasteiger partial charge < -0.3 is 15.0 Å². The highest BCUT2D eigenvalue weighted by molar-refractivity contribution is 5.68. The molecule has 4 heteroatoms. The molecule has 4 nitrogen and oxygen atoms in total. The van der Waals surface area contributed by atoms with Crippen LogP contribution in [0.15, 0.2) is 30.3 Å². The number of carbonyl (C=O) groups excluding carboxylic acids is 1. The third kappa shape index (κ3) is 4.21. The van der Waals surface area contributed by atoms with E-state index in [1.54, 1.807) is 0 Å². The summed E-state index contributed by atoms with van der Waals surface area (Å²) < 4.78 is 5.49. The summed E-state index contributed by atoms with van der Waals surface area (Å²) in [6.07, 6.45) is 4.40. The number of nitrogens with zero attached hydrogens (tertiary/aromatic N) is 1. The van der Waals surface area contributed by atoms with Crippen molar-refractivity contribution in [3.8, 4) is 0 Å². The van der Waals surface area contributed by atoms with E-state index < -0.39 is 0 Å². The van der Waals surface area contributed by atoms with Gasteiger partial charge in [0.05, 0.1) is 6.04 Å². The number of amides is 1. The van der Waals surface area contributed by atoms with Gasteiger partial charge >= 0.3 is 6.09 Å². The van der Waals surface area contributed by atoms with E-state index in [-0.39, 0.29) is 12.1 Å². The van der Waals surface area contributed by atoms with E-state index in [1.165, 1.54) is 12.8 Å². The van der Waals surface area contributed by atoms with Gasteiger partial charge in [-0.3, -0.25) is 0 Å². The van der Waals surface area contributed by atoms with Gasteiger partial charge in [-0.15, -0.1) is 0 Å². The van der Waals surface area contributed by atoms with Crippen molar-refractivity contribution in [1.29, 1.82) is 0 Å². The number of benzene rings is 1. The van der Waals surface area contributed by atoms with Crippen molar-refractivity contribution in [1.82, 2.24) is 10.2 Å². The summed E-state index contributed by atoms with van der Waals surface area (Å²) in [4.78, 5) is 14.3. The third-order valence-corrected chi connectivity index (χ3v) is 4.28. The van der Waals surface area contributed by atoms with Gasteiger partial charge in [-0.25, -0.2) is 4.79 Å². The molecule has 1 saturated carbocycles. The summed E-state index contributed by atoms with van der Waals surface area (Å²) in [6.45, 7) is 3.05. The van der Waals surface area contributed by atoms with Crippen LogP contribution in [0.5, 0.6) is 0 Å². The molecule has 0 radical (unpaired) electrons. The summed E-state index contributed by atoms with van der Waals surface area (Å²) >= 11 is 0. The predicted molar refractivity (Wildman–Crippen MR) is 84.1 cm³/mol. The lowest BCUT2D eigenvalue weighted by molar-refractivity contribution is 0.0656. The van der Waals surface area contributed by atoms with Crippen molar-refractivity contribution >= 4 is 6.09 Å². The molecule has 0 aliphatic heterocycles. The molecule has 1 fully saturated rings. The molecule has 1 aliphatic carbocycles. The zero-order valence-corrected chi connectivity index (χ0v) is 13.0. The molecule has 116 valence electrons. The first-order valence-corrected chi connectivity index (χ1v) is 7.90. The van der Waals surface area contributed by atoms with Crippen LogP contribution >= 0.6 is 0 Å². The summed E-state index contributed by atoms with van der Waals surface area (Å²) in [7, 11) is 1.98. The number of nitrogens with one attached hydrogen (secondary N) is 1. The minimum atomic E-state index is -0.200. The van der Waals surface area contributed by atoms with Crippen molar-refractivity contribution in [3.63, 3.8) is 0 Å². The maximum Gasteiger partial charge on any atom is 0.410 e. The van der Waals surface area contributed by atoms with Gasteiger partial charge in [-0.2, -0.15) is 0 Å². The fourth-order valence-electron chi connectivity index (χ4n) is 3.12. The van der Waals surface area contributed by atoms with Crippen molar-refractivity contribution in [2.24, 2.45) is 0 Å². The lowest BCUT2D eigenvalue weighted by Crippen LogP contribution is -2.53. The first-order valence-electron chi connectivity index (χ1n) is 7.90. The molecule has 2 atom stereocenters. The molecule has 0 unspecified atom stereocenters. The zero-order valence-electron chi connectivity index (χ0n) is 13.0. The van der Waals surface area contributed by atoms with E-state index >= 15 is 0 Å². The Morgan fingerprint density at radius 3 is 2.67 bits per heavy atom. The van der Waals surface area contributed by atoms with E-state index in [4.69, 9.17) is 4.74 Å². The molecule has 0 bridgehead atoms. The van der Waals surface area contributed by atoms with Crippen LogP contribution in [0.1, 0.15) is 38.2 Å². The molecule has 1 aromatic carbocycles. The molecule has 1 aromatic rings. The van der Waals surface area contributed by atoms with Crippen LogP contribution in [0, 0.1) is 0 Å². The number of ether oxygens (including phenoxy) is 1. The van der Waals surface area contributed by atoms with Gasteiger partial charge in [-0.1, -0.05) is 43.2 Å². The molecule has 1 amide bonds. The van der Waals surface area contributed by atoms with Crippen molar-refractivity contribution in [2.45, 2.75) is 51.3 Å². The average molecular weight is 290 g/mol. The second kappa shape index (κ2) is 8.03. The normalized spacial score (nSPS) is 21.8. The Labute approximate surface area is 127 Å². The molecule has 1 N–H and O–H groups in total. The van der Waals surface area contributed by atoms with Gasteiger partial charge in [0.2, 0.25) is 0 Å². The zero-order chi connectivity index (χ0) is 15.1. The maximum atomic E-state index is 12.4. The van der Waals surface area contributed by atoms with E-state index in [2.05, 4.69) is 5.32 Å². The number of hydrogen-bond donors (Lipinski definition) is 1. The average Bonchev–Trinajstić information content (AvgIpc) is 2.55. The highest BCUT2D eigenvalue weighted by Gasteiger charge is 2.31. The number of rotatable bonds is 5. The molecule has 0 saturated heterocycles. The standard InChI is InChI=1S/C17H26N2O2/c1-3-19(16-12-8-7-11-15(16)18-2)17(20)21-13-14-9-5-4-6-10-14/h4-6,9-10,15-16,18H,3,7-8,11-13H2,1-2H3/t15-,16+/m0/s1. The molecule has 1 aliphatic rings. The van der Waals surface area contributed by atoms with Crippen LogP contribution in [0.2, 0.25) is 0 Å². The molecular weight excluding hydrogens is 264 g/mol. The molecule has 0 aromatic heterocycles. The van der Waals surface area contributed by atoms with Crippen molar-refractivity contribution in [3.05, 3.63) is 35.9 Å². The fraction of sp³-hybridized carbons (Fsp3) is 0.588. The van der Waals surface area contributed by atoms with Gasteiger partial charge in [0, 0.05) is 12.6 Å². The van der Waals surface area contributed by atoms with Gasteiger partial charge in [-0.05, 0) is 32.4 Å². The van der Waals surface area contributed by atoms with Crippen LogP contribution in [0.3, 0.4) is 0 Å². The monoisotopic (exact) mass is 290 g/mol. The van der Waals surface area contributed by atoms with Crippen LogP contribution in [-0.2, 0) is 11.3 Å². The van der Waals surface area contributed by atoms with Crippen LogP contribution < -0.4 is 5.32 Å². The second-order valence-corrected chi connectivity index (χ2v) is 5.57. The van der Waals surface area contributed by atoms with Gasteiger partial charge in [0.1, 0.15) is 6.61 Å². The lowest BCUT2D eigenvalue weighted by Gasteiger charge is -2.38. The number of hydrogen-bond acceptors (Lipinski definition) is 3. The Balaban J connectivity index is 1.94. The fourth-order valence-corrected chi connectivity index (χ4v) is 3.12. The first-order chi connectivity index (χ1) is 10.3. The first kappa shape index (κ1) is 15.8. The quantitative estimate of drug-likeness (QED) is 0.905. The summed E-state index contributed by atoms with van der Waals surface area (Å²) in [6, 6.07) is 10.4. The highest BCUT2D eigenvalue weighted by atomic mass is 16.6. The Kier molecular flexibility index (Phi) is 6.05. The maximum absolute atomic E-state index is 12.4. The van der Waals surface area contributed by atoms with E-state index in [0.29, 0.717) is 19.2 Å². The second-order valence-electron chi connectivity index (χ2n) is 5.57. The van der Waals surface area contributed by atoms with Crippen LogP contribution in [0.4, 0.5) is 4.79 Å². The molecular formula is C17H26N2O2.